The van der Waals surface area contributed by atoms with Crippen LogP contribution in [0.15, 0.2) is 0 Å². The topological polar surface area (TPSA) is 64.4 Å². The van der Waals surface area contributed by atoms with E-state index in [9.17, 15) is 4.79 Å². The first-order valence-corrected chi connectivity index (χ1v) is 7.78. The lowest BCUT2D eigenvalue weighted by Gasteiger charge is -2.29. The lowest BCUT2D eigenvalue weighted by atomic mass is 9.81. The van der Waals surface area contributed by atoms with Crippen molar-refractivity contribution in [2.75, 3.05) is 19.7 Å². The van der Waals surface area contributed by atoms with Crippen LogP contribution in [0.3, 0.4) is 0 Å². The van der Waals surface area contributed by atoms with E-state index in [0.717, 1.165) is 12.8 Å². The number of hydrogen-bond acceptors (Lipinski definition) is 3. The van der Waals surface area contributed by atoms with E-state index in [1.54, 1.807) is 0 Å². The zero-order valence-electron chi connectivity index (χ0n) is 13.0. The van der Waals surface area contributed by atoms with Crippen LogP contribution >= 0.6 is 12.4 Å². The van der Waals surface area contributed by atoms with Gasteiger partial charge in [-0.3, -0.25) is 4.79 Å². The second-order valence-corrected chi connectivity index (χ2v) is 5.58. The summed E-state index contributed by atoms with van der Waals surface area (Å²) in [5, 5.41) is 2.97. The van der Waals surface area contributed by atoms with Gasteiger partial charge in [0.2, 0.25) is 5.91 Å². The molecule has 3 N–H and O–H groups in total. The zero-order valence-corrected chi connectivity index (χ0v) is 13.8. The van der Waals surface area contributed by atoms with Gasteiger partial charge in [0.05, 0.1) is 18.1 Å². The van der Waals surface area contributed by atoms with Gasteiger partial charge in [-0.1, -0.05) is 33.1 Å². The summed E-state index contributed by atoms with van der Waals surface area (Å²) in [6, 6.07) is 0. The molecule has 1 fully saturated rings. The number of carbonyl (C=O) groups is 1. The fourth-order valence-electron chi connectivity index (χ4n) is 2.76. The highest BCUT2D eigenvalue weighted by Crippen LogP contribution is 2.24. The van der Waals surface area contributed by atoms with Crippen molar-refractivity contribution in [1.82, 2.24) is 5.32 Å². The molecule has 0 unspecified atom stereocenters. The van der Waals surface area contributed by atoms with Crippen LogP contribution in [0.25, 0.3) is 0 Å². The maximum Gasteiger partial charge on any atom is 0.227 e. The average Bonchev–Trinajstić information content (AvgIpc) is 2.47. The Kier molecular flexibility index (Phi) is 10.2. The molecule has 0 aromatic heterocycles. The number of carbonyl (C=O) groups excluding carboxylic acids is 1. The highest BCUT2D eigenvalue weighted by molar-refractivity contribution is 5.85. The van der Waals surface area contributed by atoms with Crippen molar-refractivity contribution in [3.63, 3.8) is 0 Å². The molecular formula is C15H31ClN2O2. The van der Waals surface area contributed by atoms with Crippen LogP contribution in [0.4, 0.5) is 0 Å². The summed E-state index contributed by atoms with van der Waals surface area (Å²) in [5.41, 5.74) is 5.36. The summed E-state index contributed by atoms with van der Waals surface area (Å²) in [6.07, 6.45) is 8.21. The van der Waals surface area contributed by atoms with Crippen molar-refractivity contribution in [2.45, 2.75) is 64.9 Å². The molecule has 1 aliphatic rings. The first kappa shape index (κ1) is 19.7. The molecule has 0 heterocycles. The quantitative estimate of drug-likeness (QED) is 0.678. The van der Waals surface area contributed by atoms with Crippen LogP contribution in [-0.4, -0.2) is 31.7 Å². The van der Waals surface area contributed by atoms with E-state index in [-0.39, 0.29) is 18.3 Å². The largest absolute Gasteiger partial charge is 0.376 e. The summed E-state index contributed by atoms with van der Waals surface area (Å²) < 4.78 is 5.80. The number of ether oxygens (including phenoxy) is 1. The fourth-order valence-corrected chi connectivity index (χ4v) is 2.76. The number of amides is 1. The third-order valence-electron chi connectivity index (χ3n) is 4.52. The van der Waals surface area contributed by atoms with Crippen molar-refractivity contribution in [3.8, 4) is 0 Å². The molecule has 1 amide bonds. The Hall–Kier alpha value is -0.320. The zero-order chi connectivity index (χ0) is 14.1. The molecule has 5 heteroatoms. The molecule has 20 heavy (non-hydrogen) atoms. The molecule has 4 nitrogen and oxygen atoms in total. The molecule has 120 valence electrons. The minimum absolute atomic E-state index is 0. The standard InChI is InChI=1S/C15H30N2O2.ClH/c1-3-15(4-2,12-16)14(18)17-10-11-19-13-8-6-5-7-9-13;/h13H,3-12,16H2,1-2H3,(H,17,18);1H. The second-order valence-electron chi connectivity index (χ2n) is 5.58. The Morgan fingerprint density at radius 3 is 2.35 bits per heavy atom. The van der Waals surface area contributed by atoms with Crippen molar-refractivity contribution in [1.29, 1.82) is 0 Å². The van der Waals surface area contributed by atoms with Gasteiger partial charge in [-0.15, -0.1) is 12.4 Å². The predicted octanol–water partition coefficient (Wildman–Crippen LogP) is 2.64. The van der Waals surface area contributed by atoms with Crippen LogP contribution in [0.2, 0.25) is 0 Å². The first-order valence-electron chi connectivity index (χ1n) is 7.78. The molecule has 0 aromatic carbocycles. The minimum atomic E-state index is -0.398. The van der Waals surface area contributed by atoms with Crippen molar-refractivity contribution in [2.24, 2.45) is 11.1 Å². The molecule has 0 bridgehead atoms. The molecule has 0 radical (unpaired) electrons. The van der Waals surface area contributed by atoms with Gasteiger partial charge in [-0.05, 0) is 25.7 Å². The van der Waals surface area contributed by atoms with Crippen molar-refractivity contribution >= 4 is 18.3 Å². The smallest absolute Gasteiger partial charge is 0.227 e. The molecule has 0 spiro atoms. The number of nitrogens with one attached hydrogen (secondary N) is 1. The Bertz CT molecular complexity index is 256. The van der Waals surface area contributed by atoms with E-state index < -0.39 is 5.41 Å². The van der Waals surface area contributed by atoms with E-state index in [1.807, 2.05) is 13.8 Å². The highest BCUT2D eigenvalue weighted by atomic mass is 35.5. The first-order chi connectivity index (χ1) is 9.18. The van der Waals surface area contributed by atoms with Crippen molar-refractivity contribution < 1.29 is 9.53 Å². The van der Waals surface area contributed by atoms with Gasteiger partial charge in [0.25, 0.3) is 0 Å². The van der Waals surface area contributed by atoms with E-state index in [1.165, 1.54) is 32.1 Å². The van der Waals surface area contributed by atoms with Gasteiger partial charge in [-0.2, -0.15) is 0 Å². The number of halogens is 1. The van der Waals surface area contributed by atoms with Gasteiger partial charge >= 0.3 is 0 Å². The van der Waals surface area contributed by atoms with Crippen molar-refractivity contribution in [3.05, 3.63) is 0 Å². The molecule has 1 aliphatic carbocycles. The Morgan fingerprint density at radius 1 is 1.25 bits per heavy atom. The maximum absolute atomic E-state index is 12.2. The molecule has 1 saturated carbocycles. The lowest BCUT2D eigenvalue weighted by Crippen LogP contribution is -2.46. The number of nitrogens with two attached hydrogens (primary N) is 1. The lowest BCUT2D eigenvalue weighted by molar-refractivity contribution is -0.131. The van der Waals surface area contributed by atoms with Gasteiger partial charge in [-0.25, -0.2) is 0 Å². The third-order valence-corrected chi connectivity index (χ3v) is 4.52. The highest BCUT2D eigenvalue weighted by Gasteiger charge is 2.32. The van der Waals surface area contributed by atoms with Crippen LogP contribution in [0, 0.1) is 5.41 Å². The van der Waals surface area contributed by atoms with E-state index in [0.29, 0.717) is 25.8 Å². The number of hydrogen-bond donors (Lipinski definition) is 2. The SMILES string of the molecule is CCC(CC)(CN)C(=O)NCCOC1CCCCC1.Cl. The minimum Gasteiger partial charge on any atom is -0.376 e. The Balaban J connectivity index is 0.00000361. The van der Waals surface area contributed by atoms with Gasteiger partial charge in [0.15, 0.2) is 0 Å². The van der Waals surface area contributed by atoms with Gasteiger partial charge in [0.1, 0.15) is 0 Å². The number of rotatable bonds is 8. The summed E-state index contributed by atoms with van der Waals surface area (Å²) in [4.78, 5) is 12.2. The molecule has 0 aromatic rings. The Labute approximate surface area is 129 Å². The van der Waals surface area contributed by atoms with E-state index in [2.05, 4.69) is 5.32 Å². The van der Waals surface area contributed by atoms with Crippen LogP contribution in [0.1, 0.15) is 58.8 Å². The Morgan fingerprint density at radius 2 is 1.85 bits per heavy atom. The molecule has 0 atom stereocenters. The van der Waals surface area contributed by atoms with Crippen LogP contribution < -0.4 is 11.1 Å². The second kappa shape index (κ2) is 10.4. The summed E-state index contributed by atoms with van der Waals surface area (Å²) in [7, 11) is 0. The van der Waals surface area contributed by atoms with Crippen LogP contribution in [0.5, 0.6) is 0 Å². The van der Waals surface area contributed by atoms with E-state index in [4.69, 9.17) is 10.5 Å². The van der Waals surface area contributed by atoms with Crippen LogP contribution in [-0.2, 0) is 9.53 Å². The fraction of sp³-hybridized carbons (Fsp3) is 0.933. The normalized spacial score (nSPS) is 16.6. The molecular weight excluding hydrogens is 276 g/mol. The third kappa shape index (κ3) is 5.58. The van der Waals surface area contributed by atoms with E-state index >= 15 is 0 Å². The predicted molar refractivity (Wildman–Crippen MR) is 85.2 cm³/mol. The maximum atomic E-state index is 12.2. The molecule has 0 saturated heterocycles. The summed E-state index contributed by atoms with van der Waals surface area (Å²) >= 11 is 0. The average molecular weight is 307 g/mol. The van der Waals surface area contributed by atoms with Gasteiger partial charge < -0.3 is 15.8 Å². The summed E-state index contributed by atoms with van der Waals surface area (Å²) in [5.74, 6) is 0.0762. The monoisotopic (exact) mass is 306 g/mol. The molecule has 1 rings (SSSR count). The van der Waals surface area contributed by atoms with Gasteiger partial charge in [0, 0.05) is 13.1 Å². The summed E-state index contributed by atoms with van der Waals surface area (Å²) in [6.45, 7) is 5.67. The molecule has 0 aliphatic heterocycles.